The molecule has 0 aromatic carbocycles. The van der Waals surface area contributed by atoms with Gasteiger partial charge in [-0.2, -0.15) is 0 Å². The third-order valence-electron chi connectivity index (χ3n) is 7.83. The molecule has 0 aromatic heterocycles. The Morgan fingerprint density at radius 3 is 2.46 bits per heavy atom. The van der Waals surface area contributed by atoms with Crippen LogP contribution in [0.1, 0.15) is 97.8 Å². The fraction of sp³-hybridized carbons (Fsp3) is 0.840. The summed E-state index contributed by atoms with van der Waals surface area (Å²) in [6.07, 6.45) is 16.8. The molecule has 28 heavy (non-hydrogen) atoms. The lowest BCUT2D eigenvalue weighted by atomic mass is 9.62. The molecule has 3 heteroatoms. The minimum atomic E-state index is -0.531. The van der Waals surface area contributed by atoms with Crippen LogP contribution in [0.5, 0.6) is 0 Å². The molecule has 0 radical (unpaired) electrons. The van der Waals surface area contributed by atoms with Gasteiger partial charge in [-0.05, 0) is 95.3 Å². The molecule has 3 aliphatic carbocycles. The van der Waals surface area contributed by atoms with Gasteiger partial charge in [-0.25, -0.2) is 0 Å². The molecule has 160 valence electrons. The van der Waals surface area contributed by atoms with Crippen molar-refractivity contribution in [2.45, 2.75) is 116 Å². The van der Waals surface area contributed by atoms with Gasteiger partial charge in [0, 0.05) is 0 Å². The van der Waals surface area contributed by atoms with Crippen LogP contribution in [0.4, 0.5) is 0 Å². The average Bonchev–Trinajstić information content (AvgIpc) is 2.92. The van der Waals surface area contributed by atoms with E-state index in [-0.39, 0.29) is 12.2 Å². The lowest BCUT2D eigenvalue weighted by Crippen LogP contribution is -2.33. The molecule has 3 fully saturated rings. The van der Waals surface area contributed by atoms with E-state index in [1.54, 1.807) is 5.57 Å². The van der Waals surface area contributed by atoms with Crippen LogP contribution in [0.25, 0.3) is 0 Å². The van der Waals surface area contributed by atoms with E-state index in [4.69, 9.17) is 0 Å². The Kier molecular flexibility index (Phi) is 7.10. The van der Waals surface area contributed by atoms with Crippen molar-refractivity contribution in [3.63, 3.8) is 0 Å². The zero-order chi connectivity index (χ0) is 20.4. The average molecular weight is 391 g/mol. The van der Waals surface area contributed by atoms with Crippen molar-refractivity contribution in [3.05, 3.63) is 23.3 Å². The fourth-order valence-electron chi connectivity index (χ4n) is 6.30. The van der Waals surface area contributed by atoms with Crippen molar-refractivity contribution in [1.29, 1.82) is 0 Å². The maximum atomic E-state index is 9.94. The number of rotatable bonds is 6. The fourth-order valence-corrected chi connectivity index (χ4v) is 6.30. The highest BCUT2D eigenvalue weighted by molar-refractivity contribution is 5.26. The first kappa shape index (κ1) is 22.1. The summed E-state index contributed by atoms with van der Waals surface area (Å²) in [6, 6.07) is 0. The number of aliphatic hydroxyl groups excluding tert-OH is 2. The third kappa shape index (κ3) is 5.49. The predicted molar refractivity (Wildman–Crippen MR) is 115 cm³/mol. The van der Waals surface area contributed by atoms with Crippen molar-refractivity contribution < 1.29 is 15.3 Å². The zero-order valence-corrected chi connectivity index (χ0v) is 18.3. The van der Waals surface area contributed by atoms with Crippen LogP contribution in [0.15, 0.2) is 23.3 Å². The molecule has 3 unspecified atom stereocenters. The molecule has 3 nitrogen and oxygen atoms in total. The van der Waals surface area contributed by atoms with Crippen molar-refractivity contribution in [2.24, 2.45) is 17.3 Å². The van der Waals surface area contributed by atoms with Gasteiger partial charge in [-0.1, -0.05) is 43.1 Å². The van der Waals surface area contributed by atoms with Gasteiger partial charge in [-0.15, -0.1) is 0 Å². The van der Waals surface area contributed by atoms with Crippen LogP contribution in [0.3, 0.4) is 0 Å². The smallest absolute Gasteiger partial charge is 0.0602 e. The third-order valence-corrected chi connectivity index (χ3v) is 7.83. The molecule has 3 aliphatic rings. The number of unbranched alkanes of at least 4 members (excludes halogenated alkanes) is 1. The summed E-state index contributed by atoms with van der Waals surface area (Å²) in [7, 11) is 0. The molecule has 0 spiro atoms. The van der Waals surface area contributed by atoms with E-state index in [9.17, 15) is 15.3 Å². The molecule has 0 bridgehead atoms. The Morgan fingerprint density at radius 2 is 1.79 bits per heavy atom. The highest BCUT2D eigenvalue weighted by Crippen LogP contribution is 2.58. The molecule has 0 amide bonds. The van der Waals surface area contributed by atoms with Crippen LogP contribution >= 0.6 is 0 Å². The van der Waals surface area contributed by atoms with Gasteiger partial charge in [-0.3, -0.25) is 0 Å². The summed E-state index contributed by atoms with van der Waals surface area (Å²) in [4.78, 5) is 0. The van der Waals surface area contributed by atoms with Crippen molar-refractivity contribution in [3.8, 4) is 0 Å². The van der Waals surface area contributed by atoms with E-state index >= 15 is 0 Å². The van der Waals surface area contributed by atoms with Crippen LogP contribution in [0.2, 0.25) is 0 Å². The Hall–Kier alpha value is -0.640. The molecule has 3 N–H and O–H groups in total. The minimum absolute atomic E-state index is 0.384. The lowest BCUT2D eigenvalue weighted by Gasteiger charge is -2.42. The quantitative estimate of drug-likeness (QED) is 0.540. The minimum Gasteiger partial charge on any atom is -0.393 e. The topological polar surface area (TPSA) is 60.7 Å². The normalized spacial score (nSPS) is 39.5. The second-order valence-electron chi connectivity index (χ2n) is 10.8. The van der Waals surface area contributed by atoms with E-state index < -0.39 is 5.60 Å². The van der Waals surface area contributed by atoms with Gasteiger partial charge >= 0.3 is 0 Å². The SMILES string of the molecule is CC(C)(O)CCCCC1CCC2/C(=C/C=C3CC(O)C[C@H](O)C3)CCC[C@]12C. The first-order valence-corrected chi connectivity index (χ1v) is 11.6. The van der Waals surface area contributed by atoms with Crippen molar-refractivity contribution >= 4 is 0 Å². The number of hydrogen-bond acceptors (Lipinski definition) is 3. The zero-order valence-electron chi connectivity index (χ0n) is 18.3. The van der Waals surface area contributed by atoms with Gasteiger partial charge < -0.3 is 15.3 Å². The monoisotopic (exact) mass is 390 g/mol. The summed E-state index contributed by atoms with van der Waals surface area (Å²) >= 11 is 0. The molecule has 0 aromatic rings. The van der Waals surface area contributed by atoms with Crippen LogP contribution < -0.4 is 0 Å². The molecule has 0 saturated heterocycles. The summed E-state index contributed by atoms with van der Waals surface area (Å²) in [5, 5.41) is 29.8. The Balaban J connectivity index is 1.61. The van der Waals surface area contributed by atoms with Crippen LogP contribution in [-0.4, -0.2) is 33.1 Å². The molecule has 0 aliphatic heterocycles. The number of aliphatic hydroxyl groups is 3. The molecular weight excluding hydrogens is 348 g/mol. The molecular formula is C25H42O3. The summed E-state index contributed by atoms with van der Waals surface area (Å²) in [5.74, 6) is 1.52. The van der Waals surface area contributed by atoms with Crippen molar-refractivity contribution in [1.82, 2.24) is 0 Å². The highest BCUT2D eigenvalue weighted by Gasteiger charge is 2.48. The Labute approximate surface area is 171 Å². The maximum absolute atomic E-state index is 9.94. The summed E-state index contributed by atoms with van der Waals surface area (Å²) in [6.45, 7) is 6.35. The number of hydrogen-bond donors (Lipinski definition) is 3. The predicted octanol–water partition coefficient (Wildman–Crippen LogP) is 5.29. The van der Waals surface area contributed by atoms with Crippen molar-refractivity contribution in [2.75, 3.05) is 0 Å². The van der Waals surface area contributed by atoms with Gasteiger partial charge in [0.15, 0.2) is 0 Å². The number of fused-ring (bicyclic) bond motifs is 1. The Bertz CT molecular complexity index is 573. The van der Waals surface area contributed by atoms with E-state index in [1.807, 2.05) is 13.8 Å². The van der Waals surface area contributed by atoms with E-state index in [2.05, 4.69) is 19.1 Å². The molecule has 0 heterocycles. The summed E-state index contributed by atoms with van der Waals surface area (Å²) < 4.78 is 0. The molecule has 5 atom stereocenters. The van der Waals surface area contributed by atoms with Gasteiger partial charge in [0.25, 0.3) is 0 Å². The van der Waals surface area contributed by atoms with Crippen LogP contribution in [-0.2, 0) is 0 Å². The van der Waals surface area contributed by atoms with Crippen LogP contribution in [0, 0.1) is 17.3 Å². The second kappa shape index (κ2) is 9.02. The standard InChI is InChI=1S/C25H42O3/c1-24(2,28)13-5-4-8-20-11-12-23-19(7-6-14-25(20,23)3)10-9-18-15-21(26)17-22(27)16-18/h9-10,20-23,26-28H,4-8,11-17H2,1-3H3/b18-9?,19-10+/t20?,21-,22?,23?,25-/m1/s1. The summed E-state index contributed by atoms with van der Waals surface area (Å²) in [5.41, 5.74) is 2.71. The van der Waals surface area contributed by atoms with Gasteiger partial charge in [0.05, 0.1) is 17.8 Å². The van der Waals surface area contributed by atoms with E-state index in [0.717, 1.165) is 18.8 Å². The van der Waals surface area contributed by atoms with Gasteiger partial charge in [0.2, 0.25) is 0 Å². The lowest BCUT2D eigenvalue weighted by molar-refractivity contribution is 0.0608. The van der Waals surface area contributed by atoms with E-state index in [0.29, 0.717) is 30.6 Å². The molecule has 3 saturated carbocycles. The first-order chi connectivity index (χ1) is 13.2. The molecule has 3 rings (SSSR count). The number of allylic oxidation sites excluding steroid dienone is 3. The second-order valence-corrected chi connectivity index (χ2v) is 10.8. The maximum Gasteiger partial charge on any atom is 0.0602 e. The highest BCUT2D eigenvalue weighted by atomic mass is 16.3. The first-order valence-electron chi connectivity index (χ1n) is 11.6. The van der Waals surface area contributed by atoms with Gasteiger partial charge in [0.1, 0.15) is 0 Å². The van der Waals surface area contributed by atoms with E-state index in [1.165, 1.54) is 50.5 Å². The Morgan fingerprint density at radius 1 is 1.07 bits per heavy atom. The largest absolute Gasteiger partial charge is 0.393 e.